The van der Waals surface area contributed by atoms with Gasteiger partial charge in [0.15, 0.2) is 0 Å². The molecule has 0 aliphatic carbocycles. The number of pyridine rings is 1. The van der Waals surface area contributed by atoms with E-state index in [-0.39, 0.29) is 12.4 Å². The van der Waals surface area contributed by atoms with Crippen LogP contribution in [0.5, 0.6) is 5.75 Å². The van der Waals surface area contributed by atoms with Crippen LogP contribution in [0.15, 0.2) is 36.5 Å². The summed E-state index contributed by atoms with van der Waals surface area (Å²) in [6.45, 7) is 0.184. The Labute approximate surface area is 131 Å². The first kappa shape index (κ1) is 16.4. The lowest BCUT2D eigenvalue weighted by atomic mass is 10.1. The monoisotopic (exact) mass is 330 g/mol. The molecule has 1 heterocycles. The molecule has 22 heavy (non-hydrogen) atoms. The fraction of sp³-hybridized carbons (Fsp3) is 0.267. The maximum Gasteiger partial charge on any atom is 0.419 e. The Bertz CT molecular complexity index is 661. The first-order valence-corrected chi connectivity index (χ1v) is 6.76. The van der Waals surface area contributed by atoms with Crippen molar-refractivity contribution in [2.24, 2.45) is 0 Å². The summed E-state index contributed by atoms with van der Waals surface area (Å²) in [5, 5.41) is 0.487. The van der Waals surface area contributed by atoms with Crippen LogP contribution in [-0.4, -0.2) is 19.1 Å². The van der Waals surface area contributed by atoms with Crippen molar-refractivity contribution in [3.05, 3.63) is 52.7 Å². The molecule has 7 heteroatoms. The number of anilines is 1. The molecule has 1 aromatic heterocycles. The summed E-state index contributed by atoms with van der Waals surface area (Å²) in [5.41, 5.74) is -0.102. The van der Waals surface area contributed by atoms with Crippen molar-refractivity contribution in [3.8, 4) is 5.75 Å². The molecule has 0 spiro atoms. The van der Waals surface area contributed by atoms with Crippen LogP contribution in [0.3, 0.4) is 0 Å². The fourth-order valence-electron chi connectivity index (χ4n) is 2.12. The zero-order valence-electron chi connectivity index (χ0n) is 12.0. The zero-order valence-corrected chi connectivity index (χ0v) is 12.7. The van der Waals surface area contributed by atoms with E-state index in [0.717, 1.165) is 6.07 Å². The lowest BCUT2D eigenvalue weighted by Crippen LogP contribution is -2.22. The molecule has 0 aliphatic heterocycles. The van der Waals surface area contributed by atoms with Crippen LogP contribution in [-0.2, 0) is 12.7 Å². The average molecular weight is 331 g/mol. The van der Waals surface area contributed by atoms with Gasteiger partial charge in [-0.25, -0.2) is 4.98 Å². The number of aromatic nitrogens is 1. The van der Waals surface area contributed by atoms with E-state index in [1.54, 1.807) is 18.2 Å². The molecule has 0 aliphatic rings. The first-order valence-electron chi connectivity index (χ1n) is 6.38. The molecule has 0 fully saturated rings. The maximum atomic E-state index is 13.0. The standard InChI is InChI=1S/C15H14ClF3N2O/c1-21(9-10-8-11(16)5-6-13(10)22-2)14-12(15(17,18)19)4-3-7-20-14/h3-8H,9H2,1-2H3. The molecule has 118 valence electrons. The van der Waals surface area contributed by atoms with Gasteiger partial charge in [-0.1, -0.05) is 11.6 Å². The molecule has 0 saturated carbocycles. The van der Waals surface area contributed by atoms with Crippen LogP contribution in [0.4, 0.5) is 19.0 Å². The predicted molar refractivity (Wildman–Crippen MR) is 79.4 cm³/mol. The molecule has 0 bridgehead atoms. The summed E-state index contributed by atoms with van der Waals surface area (Å²) in [5.74, 6) is 0.415. The van der Waals surface area contributed by atoms with E-state index in [1.165, 1.54) is 31.3 Å². The highest BCUT2D eigenvalue weighted by molar-refractivity contribution is 6.30. The molecule has 2 rings (SSSR count). The second-order valence-electron chi connectivity index (χ2n) is 4.68. The Morgan fingerprint density at radius 2 is 2.00 bits per heavy atom. The normalized spacial score (nSPS) is 11.4. The largest absolute Gasteiger partial charge is 0.496 e. The minimum Gasteiger partial charge on any atom is -0.496 e. The number of hydrogen-bond acceptors (Lipinski definition) is 3. The molecule has 0 saturated heterocycles. The minimum absolute atomic E-state index is 0.142. The molecule has 0 N–H and O–H groups in total. The topological polar surface area (TPSA) is 25.4 Å². The zero-order chi connectivity index (χ0) is 16.3. The lowest BCUT2D eigenvalue weighted by Gasteiger charge is -2.23. The van der Waals surface area contributed by atoms with Gasteiger partial charge in [0.05, 0.1) is 12.7 Å². The molecular formula is C15H14ClF3N2O. The van der Waals surface area contributed by atoms with Crippen molar-refractivity contribution in [2.75, 3.05) is 19.1 Å². The van der Waals surface area contributed by atoms with E-state index in [0.29, 0.717) is 16.3 Å². The highest BCUT2D eigenvalue weighted by Gasteiger charge is 2.35. The van der Waals surface area contributed by atoms with Crippen LogP contribution in [0.2, 0.25) is 5.02 Å². The number of alkyl halides is 3. The molecule has 3 nitrogen and oxygen atoms in total. The van der Waals surface area contributed by atoms with Gasteiger partial charge in [-0.15, -0.1) is 0 Å². The fourth-order valence-corrected chi connectivity index (χ4v) is 2.32. The maximum absolute atomic E-state index is 13.0. The Morgan fingerprint density at radius 3 is 2.64 bits per heavy atom. The van der Waals surface area contributed by atoms with E-state index in [9.17, 15) is 13.2 Å². The molecule has 0 atom stereocenters. The van der Waals surface area contributed by atoms with Crippen LogP contribution in [0.25, 0.3) is 0 Å². The quantitative estimate of drug-likeness (QED) is 0.831. The van der Waals surface area contributed by atoms with Crippen LogP contribution in [0.1, 0.15) is 11.1 Å². The summed E-state index contributed by atoms with van der Waals surface area (Å²) in [7, 11) is 3.03. The Kier molecular flexibility index (Phi) is 4.81. The number of halogens is 4. The van der Waals surface area contributed by atoms with Crippen LogP contribution in [0, 0.1) is 0 Å². The number of hydrogen-bond donors (Lipinski definition) is 0. The summed E-state index contributed by atoms with van der Waals surface area (Å²) >= 11 is 5.94. The van der Waals surface area contributed by atoms with Crippen molar-refractivity contribution in [3.63, 3.8) is 0 Å². The van der Waals surface area contributed by atoms with Gasteiger partial charge in [-0.05, 0) is 30.3 Å². The summed E-state index contributed by atoms with van der Waals surface area (Å²) in [6.07, 6.45) is -3.13. The molecule has 2 aromatic rings. The van der Waals surface area contributed by atoms with Crippen LogP contribution < -0.4 is 9.64 Å². The van der Waals surface area contributed by atoms with Crippen molar-refractivity contribution < 1.29 is 17.9 Å². The second-order valence-corrected chi connectivity index (χ2v) is 5.12. The third-order valence-electron chi connectivity index (χ3n) is 3.10. The Balaban J connectivity index is 2.35. The minimum atomic E-state index is -4.46. The molecule has 0 amide bonds. The second kappa shape index (κ2) is 6.44. The van der Waals surface area contributed by atoms with E-state index < -0.39 is 11.7 Å². The van der Waals surface area contributed by atoms with Crippen molar-refractivity contribution in [2.45, 2.75) is 12.7 Å². The highest BCUT2D eigenvalue weighted by atomic mass is 35.5. The van der Waals surface area contributed by atoms with Crippen molar-refractivity contribution in [1.82, 2.24) is 4.98 Å². The van der Waals surface area contributed by atoms with Gasteiger partial charge < -0.3 is 9.64 Å². The van der Waals surface area contributed by atoms with Gasteiger partial charge >= 0.3 is 6.18 Å². The lowest BCUT2D eigenvalue weighted by molar-refractivity contribution is -0.137. The van der Waals surface area contributed by atoms with Gasteiger partial charge in [0.1, 0.15) is 11.6 Å². The first-order chi connectivity index (χ1) is 10.3. The predicted octanol–water partition coefficient (Wildman–Crippen LogP) is 4.40. The molecule has 1 aromatic carbocycles. The van der Waals surface area contributed by atoms with Crippen molar-refractivity contribution >= 4 is 17.4 Å². The molecular weight excluding hydrogens is 317 g/mol. The molecule has 0 unspecified atom stereocenters. The third kappa shape index (κ3) is 3.62. The summed E-state index contributed by atoms with van der Waals surface area (Å²) < 4.78 is 44.3. The van der Waals surface area contributed by atoms with Crippen LogP contribution >= 0.6 is 11.6 Å². The number of methoxy groups -OCH3 is 1. The SMILES string of the molecule is COc1ccc(Cl)cc1CN(C)c1ncccc1C(F)(F)F. The van der Waals surface area contributed by atoms with Gasteiger partial charge in [-0.2, -0.15) is 13.2 Å². The number of benzene rings is 1. The third-order valence-corrected chi connectivity index (χ3v) is 3.34. The Morgan fingerprint density at radius 1 is 1.27 bits per heavy atom. The van der Waals surface area contributed by atoms with E-state index in [2.05, 4.69) is 4.98 Å². The van der Waals surface area contributed by atoms with Gasteiger partial charge in [0.25, 0.3) is 0 Å². The van der Waals surface area contributed by atoms with Gasteiger partial charge in [0, 0.05) is 30.4 Å². The average Bonchev–Trinajstić information content (AvgIpc) is 2.46. The van der Waals surface area contributed by atoms with E-state index in [4.69, 9.17) is 16.3 Å². The van der Waals surface area contributed by atoms with Crippen molar-refractivity contribution in [1.29, 1.82) is 0 Å². The number of nitrogens with zero attached hydrogens (tertiary/aromatic N) is 2. The number of ether oxygens (including phenoxy) is 1. The Hall–Kier alpha value is -1.95. The van der Waals surface area contributed by atoms with E-state index in [1.807, 2.05) is 0 Å². The summed E-state index contributed by atoms with van der Waals surface area (Å²) in [6, 6.07) is 7.27. The molecule has 0 radical (unpaired) electrons. The van der Waals surface area contributed by atoms with Gasteiger partial charge in [-0.3, -0.25) is 0 Å². The van der Waals surface area contributed by atoms with E-state index >= 15 is 0 Å². The number of rotatable bonds is 4. The highest BCUT2D eigenvalue weighted by Crippen LogP contribution is 2.35. The van der Waals surface area contributed by atoms with Gasteiger partial charge in [0.2, 0.25) is 0 Å². The summed E-state index contributed by atoms with van der Waals surface area (Å²) in [4.78, 5) is 5.26. The smallest absolute Gasteiger partial charge is 0.419 e.